The molecule has 0 aliphatic rings. The average molecular weight is 178 g/mol. The topological polar surface area (TPSA) is 30.2 Å². The van der Waals surface area contributed by atoms with Gasteiger partial charge in [-0.25, -0.2) is 0 Å². The average Bonchev–Trinajstić information content (AvgIpc) is 2.47. The molecule has 0 aliphatic carbocycles. The first-order valence-corrected chi connectivity index (χ1v) is 4.32. The molecule has 13 heavy (non-hydrogen) atoms. The number of aryl methyl sites for hydroxylation is 1. The van der Waals surface area contributed by atoms with E-state index < -0.39 is 0 Å². The van der Waals surface area contributed by atoms with Gasteiger partial charge in [-0.3, -0.25) is 4.79 Å². The SMILES string of the molecule is C=C(C)CCC(=O)c1coc(C)c1. The molecule has 2 nitrogen and oxygen atoms in total. The van der Waals surface area contributed by atoms with Crippen LogP contribution in [0.25, 0.3) is 0 Å². The second-order valence-electron chi connectivity index (χ2n) is 3.33. The van der Waals surface area contributed by atoms with Crippen molar-refractivity contribution in [2.45, 2.75) is 26.7 Å². The zero-order valence-electron chi connectivity index (χ0n) is 8.09. The molecule has 0 saturated carbocycles. The van der Waals surface area contributed by atoms with Crippen molar-refractivity contribution in [3.63, 3.8) is 0 Å². The van der Waals surface area contributed by atoms with Crippen molar-refractivity contribution >= 4 is 5.78 Å². The summed E-state index contributed by atoms with van der Waals surface area (Å²) in [6, 6.07) is 1.76. The highest BCUT2D eigenvalue weighted by molar-refractivity contribution is 5.95. The van der Waals surface area contributed by atoms with Gasteiger partial charge in [-0.1, -0.05) is 5.57 Å². The minimum atomic E-state index is 0.125. The normalized spacial score (nSPS) is 10.0. The Balaban J connectivity index is 2.54. The molecule has 1 aromatic heterocycles. The number of carbonyl (C=O) groups excluding carboxylic acids is 1. The molecular weight excluding hydrogens is 164 g/mol. The van der Waals surface area contributed by atoms with E-state index in [2.05, 4.69) is 6.58 Å². The Bertz CT molecular complexity index is 321. The van der Waals surface area contributed by atoms with Crippen molar-refractivity contribution in [1.29, 1.82) is 0 Å². The minimum Gasteiger partial charge on any atom is -0.469 e. The summed E-state index contributed by atoms with van der Waals surface area (Å²) in [5.41, 5.74) is 1.70. The van der Waals surface area contributed by atoms with E-state index in [1.54, 1.807) is 6.07 Å². The first kappa shape index (κ1) is 9.78. The summed E-state index contributed by atoms with van der Waals surface area (Å²) < 4.78 is 5.05. The summed E-state index contributed by atoms with van der Waals surface area (Å²) in [5.74, 6) is 0.901. The highest BCUT2D eigenvalue weighted by Gasteiger charge is 2.07. The molecule has 0 aliphatic heterocycles. The number of ketones is 1. The van der Waals surface area contributed by atoms with Crippen LogP contribution in [0.4, 0.5) is 0 Å². The summed E-state index contributed by atoms with van der Waals surface area (Å²) >= 11 is 0. The predicted molar refractivity (Wildman–Crippen MR) is 51.8 cm³/mol. The summed E-state index contributed by atoms with van der Waals surface area (Å²) in [4.78, 5) is 11.5. The van der Waals surface area contributed by atoms with E-state index in [0.29, 0.717) is 12.0 Å². The maximum absolute atomic E-state index is 11.5. The molecule has 0 aromatic carbocycles. The Hall–Kier alpha value is -1.31. The quantitative estimate of drug-likeness (QED) is 0.523. The highest BCUT2D eigenvalue weighted by atomic mass is 16.3. The largest absolute Gasteiger partial charge is 0.469 e. The fraction of sp³-hybridized carbons (Fsp3) is 0.364. The zero-order valence-corrected chi connectivity index (χ0v) is 8.09. The van der Waals surface area contributed by atoms with Crippen molar-refractivity contribution in [3.05, 3.63) is 35.8 Å². The van der Waals surface area contributed by atoms with Gasteiger partial charge in [-0.2, -0.15) is 0 Å². The van der Waals surface area contributed by atoms with Crippen LogP contribution >= 0.6 is 0 Å². The standard InChI is InChI=1S/C11H14O2/c1-8(2)4-5-11(12)10-6-9(3)13-7-10/h6-7H,1,4-5H2,2-3H3. The number of hydrogen-bond acceptors (Lipinski definition) is 2. The Morgan fingerprint density at radius 1 is 1.54 bits per heavy atom. The second kappa shape index (κ2) is 4.08. The Morgan fingerprint density at radius 3 is 2.69 bits per heavy atom. The molecule has 2 heteroatoms. The van der Waals surface area contributed by atoms with Crippen LogP contribution in [0.5, 0.6) is 0 Å². The van der Waals surface area contributed by atoms with Gasteiger partial charge in [0.2, 0.25) is 0 Å². The minimum absolute atomic E-state index is 0.125. The van der Waals surface area contributed by atoms with Gasteiger partial charge in [0.1, 0.15) is 12.0 Å². The van der Waals surface area contributed by atoms with Crippen LogP contribution in [-0.4, -0.2) is 5.78 Å². The van der Waals surface area contributed by atoms with Crippen LogP contribution in [0.1, 0.15) is 35.9 Å². The Kier molecular flexibility index (Phi) is 3.07. The van der Waals surface area contributed by atoms with Gasteiger partial charge >= 0.3 is 0 Å². The molecule has 1 aromatic rings. The van der Waals surface area contributed by atoms with E-state index in [1.165, 1.54) is 6.26 Å². The van der Waals surface area contributed by atoms with Crippen molar-refractivity contribution in [2.24, 2.45) is 0 Å². The van der Waals surface area contributed by atoms with Crippen LogP contribution < -0.4 is 0 Å². The lowest BCUT2D eigenvalue weighted by molar-refractivity contribution is 0.0982. The van der Waals surface area contributed by atoms with Crippen LogP contribution in [0, 0.1) is 6.92 Å². The highest BCUT2D eigenvalue weighted by Crippen LogP contribution is 2.11. The van der Waals surface area contributed by atoms with Crippen LogP contribution in [-0.2, 0) is 0 Å². The van der Waals surface area contributed by atoms with Crippen molar-refractivity contribution < 1.29 is 9.21 Å². The summed E-state index contributed by atoms with van der Waals surface area (Å²) in [7, 11) is 0. The molecule has 0 unspecified atom stereocenters. The van der Waals surface area contributed by atoms with Crippen molar-refractivity contribution in [3.8, 4) is 0 Å². The van der Waals surface area contributed by atoms with Crippen molar-refractivity contribution in [2.75, 3.05) is 0 Å². The first-order valence-electron chi connectivity index (χ1n) is 4.32. The molecule has 0 radical (unpaired) electrons. The Morgan fingerprint density at radius 2 is 2.23 bits per heavy atom. The summed E-state index contributed by atoms with van der Waals surface area (Å²) in [6.45, 7) is 7.50. The summed E-state index contributed by atoms with van der Waals surface area (Å²) in [5, 5.41) is 0. The number of Topliss-reactive ketones (excluding diaryl/α,β-unsaturated/α-hetero) is 1. The molecule has 1 heterocycles. The van der Waals surface area contributed by atoms with E-state index in [0.717, 1.165) is 17.8 Å². The third-order valence-corrected chi connectivity index (χ3v) is 1.83. The third-order valence-electron chi connectivity index (χ3n) is 1.83. The fourth-order valence-electron chi connectivity index (χ4n) is 1.06. The fourth-order valence-corrected chi connectivity index (χ4v) is 1.06. The molecule has 0 N–H and O–H groups in total. The van der Waals surface area contributed by atoms with Gasteiger partial charge in [0.25, 0.3) is 0 Å². The lowest BCUT2D eigenvalue weighted by atomic mass is 10.1. The Labute approximate surface area is 78.3 Å². The molecular formula is C11H14O2. The zero-order chi connectivity index (χ0) is 9.84. The van der Waals surface area contributed by atoms with E-state index in [1.807, 2.05) is 13.8 Å². The van der Waals surface area contributed by atoms with Crippen LogP contribution in [0.15, 0.2) is 28.9 Å². The smallest absolute Gasteiger partial charge is 0.166 e. The van der Waals surface area contributed by atoms with E-state index in [4.69, 9.17) is 4.42 Å². The number of allylic oxidation sites excluding steroid dienone is 1. The van der Waals surface area contributed by atoms with Gasteiger partial charge in [-0.05, 0) is 26.3 Å². The lowest BCUT2D eigenvalue weighted by Crippen LogP contribution is -1.96. The van der Waals surface area contributed by atoms with E-state index in [-0.39, 0.29) is 5.78 Å². The molecule has 70 valence electrons. The molecule has 0 saturated heterocycles. The second-order valence-corrected chi connectivity index (χ2v) is 3.33. The van der Waals surface area contributed by atoms with Gasteiger partial charge in [0, 0.05) is 6.42 Å². The molecule has 1 rings (SSSR count). The summed E-state index contributed by atoms with van der Waals surface area (Å²) in [6.07, 6.45) is 2.79. The number of rotatable bonds is 4. The number of furan rings is 1. The molecule has 0 bridgehead atoms. The van der Waals surface area contributed by atoms with Crippen molar-refractivity contribution in [1.82, 2.24) is 0 Å². The predicted octanol–water partition coefficient (Wildman–Crippen LogP) is 3.13. The first-order chi connectivity index (χ1) is 6.09. The van der Waals surface area contributed by atoms with Gasteiger partial charge in [0.05, 0.1) is 5.56 Å². The number of carbonyl (C=O) groups is 1. The van der Waals surface area contributed by atoms with Crippen LogP contribution in [0.3, 0.4) is 0 Å². The molecule has 0 atom stereocenters. The third kappa shape index (κ3) is 2.90. The number of hydrogen-bond donors (Lipinski definition) is 0. The molecule has 0 amide bonds. The maximum atomic E-state index is 11.5. The van der Waals surface area contributed by atoms with E-state index >= 15 is 0 Å². The van der Waals surface area contributed by atoms with Gasteiger partial charge < -0.3 is 4.42 Å². The van der Waals surface area contributed by atoms with E-state index in [9.17, 15) is 4.79 Å². The molecule has 0 spiro atoms. The molecule has 0 fully saturated rings. The maximum Gasteiger partial charge on any atom is 0.166 e. The van der Waals surface area contributed by atoms with Gasteiger partial charge in [0.15, 0.2) is 5.78 Å². The lowest BCUT2D eigenvalue weighted by Gasteiger charge is -1.96. The van der Waals surface area contributed by atoms with Gasteiger partial charge in [-0.15, -0.1) is 6.58 Å². The monoisotopic (exact) mass is 178 g/mol. The van der Waals surface area contributed by atoms with Crippen LogP contribution in [0.2, 0.25) is 0 Å².